The van der Waals surface area contributed by atoms with Crippen molar-refractivity contribution < 1.29 is 4.79 Å². The summed E-state index contributed by atoms with van der Waals surface area (Å²) in [6.45, 7) is 0. The molecule has 0 saturated heterocycles. The molecule has 1 heterocycles. The van der Waals surface area contributed by atoms with Crippen LogP contribution in [0.4, 0.5) is 11.6 Å². The summed E-state index contributed by atoms with van der Waals surface area (Å²) in [6, 6.07) is 21.4. The molecule has 0 bridgehead atoms. The van der Waals surface area contributed by atoms with Crippen LogP contribution < -0.4 is 16.8 Å². The molecule has 138 valence electrons. The third kappa shape index (κ3) is 5.72. The molecule has 0 aliphatic heterocycles. The Morgan fingerprint density at radius 3 is 2.19 bits per heavy atom. The minimum absolute atomic E-state index is 0.102. The first-order chi connectivity index (χ1) is 13.1. The highest BCUT2D eigenvalue weighted by atomic mass is 32.2. The molecule has 1 aromatic heterocycles. The van der Waals surface area contributed by atoms with Crippen molar-refractivity contribution in [2.45, 2.75) is 17.6 Å². The number of nitrogens with one attached hydrogen (secondary N) is 1. The maximum atomic E-state index is 12.5. The Bertz CT molecular complexity index is 869. The summed E-state index contributed by atoms with van der Waals surface area (Å²) in [5.41, 5.74) is 13.5. The van der Waals surface area contributed by atoms with Crippen LogP contribution in [0, 0.1) is 0 Å². The van der Waals surface area contributed by atoms with Crippen molar-refractivity contribution in [1.29, 1.82) is 0 Å². The Balaban J connectivity index is 1.66. The van der Waals surface area contributed by atoms with Gasteiger partial charge in [0.1, 0.15) is 11.6 Å². The molecule has 7 heteroatoms. The highest BCUT2D eigenvalue weighted by Gasteiger charge is 2.16. The van der Waals surface area contributed by atoms with Gasteiger partial charge in [-0.1, -0.05) is 72.4 Å². The van der Waals surface area contributed by atoms with E-state index in [1.807, 2.05) is 48.5 Å². The minimum atomic E-state index is -0.117. The topological polar surface area (TPSA) is 107 Å². The van der Waals surface area contributed by atoms with Gasteiger partial charge in [-0.3, -0.25) is 4.79 Å². The average molecular weight is 379 g/mol. The van der Waals surface area contributed by atoms with Crippen molar-refractivity contribution in [3.05, 3.63) is 77.9 Å². The predicted molar refractivity (Wildman–Crippen MR) is 109 cm³/mol. The number of benzene rings is 2. The van der Waals surface area contributed by atoms with Crippen LogP contribution in [-0.2, 0) is 11.2 Å². The molecule has 0 spiro atoms. The maximum absolute atomic E-state index is 12.5. The molecule has 3 rings (SSSR count). The molecule has 3 aromatic rings. The van der Waals surface area contributed by atoms with Gasteiger partial charge in [0.15, 0.2) is 5.16 Å². The first-order valence-corrected chi connectivity index (χ1v) is 9.50. The number of carbonyl (C=O) groups excluding carboxylic acids is 1. The molecule has 0 aliphatic rings. The number of amides is 1. The van der Waals surface area contributed by atoms with Crippen molar-refractivity contribution in [3.8, 4) is 0 Å². The monoisotopic (exact) mass is 379 g/mol. The van der Waals surface area contributed by atoms with Gasteiger partial charge in [0, 0.05) is 6.07 Å². The SMILES string of the molecule is Nc1cc(N)nc(SCC(=O)NC(Cc2ccccc2)c2ccccc2)n1. The van der Waals surface area contributed by atoms with E-state index in [2.05, 4.69) is 27.4 Å². The number of nitrogen functional groups attached to an aromatic ring is 2. The first-order valence-electron chi connectivity index (χ1n) is 8.51. The Morgan fingerprint density at radius 2 is 1.56 bits per heavy atom. The lowest BCUT2D eigenvalue weighted by atomic mass is 9.99. The van der Waals surface area contributed by atoms with Gasteiger partial charge < -0.3 is 16.8 Å². The Hall–Kier alpha value is -3.06. The van der Waals surface area contributed by atoms with Gasteiger partial charge in [0.05, 0.1) is 11.8 Å². The average Bonchev–Trinajstić information content (AvgIpc) is 2.67. The largest absolute Gasteiger partial charge is 0.383 e. The lowest BCUT2D eigenvalue weighted by Gasteiger charge is -2.19. The number of anilines is 2. The number of aromatic nitrogens is 2. The molecule has 0 radical (unpaired) electrons. The number of carbonyl (C=O) groups is 1. The van der Waals surface area contributed by atoms with Gasteiger partial charge in [0.2, 0.25) is 5.91 Å². The van der Waals surface area contributed by atoms with E-state index in [1.165, 1.54) is 17.8 Å². The zero-order valence-electron chi connectivity index (χ0n) is 14.7. The van der Waals surface area contributed by atoms with Crippen LogP contribution in [0.25, 0.3) is 0 Å². The molecular formula is C20H21N5OS. The van der Waals surface area contributed by atoms with Crippen LogP contribution in [0.15, 0.2) is 71.9 Å². The molecule has 27 heavy (non-hydrogen) atoms. The van der Waals surface area contributed by atoms with Crippen molar-refractivity contribution in [3.63, 3.8) is 0 Å². The van der Waals surface area contributed by atoms with Gasteiger partial charge >= 0.3 is 0 Å². The second kappa shape index (κ2) is 9.05. The van der Waals surface area contributed by atoms with E-state index in [0.29, 0.717) is 11.6 Å². The number of thioether (sulfide) groups is 1. The highest BCUT2D eigenvalue weighted by Crippen LogP contribution is 2.20. The van der Waals surface area contributed by atoms with E-state index in [0.717, 1.165) is 11.1 Å². The smallest absolute Gasteiger partial charge is 0.230 e. The molecule has 1 amide bonds. The zero-order chi connectivity index (χ0) is 19.1. The van der Waals surface area contributed by atoms with Crippen LogP contribution in [0.1, 0.15) is 17.2 Å². The Morgan fingerprint density at radius 1 is 0.963 bits per heavy atom. The summed E-state index contributed by atoms with van der Waals surface area (Å²) in [4.78, 5) is 20.7. The van der Waals surface area contributed by atoms with Gasteiger partial charge in [-0.05, 0) is 17.5 Å². The van der Waals surface area contributed by atoms with Gasteiger partial charge in [-0.15, -0.1) is 0 Å². The summed E-state index contributed by atoms with van der Waals surface area (Å²) >= 11 is 1.21. The summed E-state index contributed by atoms with van der Waals surface area (Å²) in [5, 5.41) is 3.49. The number of nitrogens with two attached hydrogens (primary N) is 2. The second-order valence-electron chi connectivity index (χ2n) is 6.01. The predicted octanol–water partition coefficient (Wildman–Crippen LogP) is 2.83. The third-order valence-corrected chi connectivity index (χ3v) is 4.74. The van der Waals surface area contributed by atoms with Crippen molar-refractivity contribution in [1.82, 2.24) is 15.3 Å². The summed E-state index contributed by atoms with van der Waals surface area (Å²) in [6.07, 6.45) is 0.711. The van der Waals surface area contributed by atoms with Crippen LogP contribution in [-0.4, -0.2) is 21.6 Å². The van der Waals surface area contributed by atoms with E-state index in [9.17, 15) is 4.79 Å². The van der Waals surface area contributed by atoms with E-state index in [-0.39, 0.29) is 29.3 Å². The third-order valence-electron chi connectivity index (χ3n) is 3.90. The Labute approximate surface area is 162 Å². The standard InChI is InChI=1S/C20H21N5OS/c21-17-12-18(22)25-20(24-17)27-13-19(26)23-16(15-9-5-2-6-10-15)11-14-7-3-1-4-8-14/h1-10,12,16H,11,13H2,(H,23,26)(H4,21,22,24,25). The fourth-order valence-corrected chi connectivity index (χ4v) is 3.36. The number of hydrogen-bond donors (Lipinski definition) is 3. The number of rotatable bonds is 7. The molecule has 6 nitrogen and oxygen atoms in total. The van der Waals surface area contributed by atoms with Crippen molar-refractivity contribution >= 4 is 29.3 Å². The lowest BCUT2D eigenvalue weighted by molar-refractivity contribution is -0.119. The first kappa shape index (κ1) is 18.7. The van der Waals surface area contributed by atoms with E-state index in [4.69, 9.17) is 11.5 Å². The van der Waals surface area contributed by atoms with E-state index in [1.54, 1.807) is 0 Å². The molecule has 0 saturated carbocycles. The molecular weight excluding hydrogens is 358 g/mol. The van der Waals surface area contributed by atoms with Crippen LogP contribution in [0.2, 0.25) is 0 Å². The molecule has 0 aliphatic carbocycles. The number of hydrogen-bond acceptors (Lipinski definition) is 6. The maximum Gasteiger partial charge on any atom is 0.230 e. The van der Waals surface area contributed by atoms with Gasteiger partial charge in [0.25, 0.3) is 0 Å². The fraction of sp³-hybridized carbons (Fsp3) is 0.150. The van der Waals surface area contributed by atoms with Gasteiger partial charge in [-0.2, -0.15) is 0 Å². The van der Waals surface area contributed by atoms with Crippen LogP contribution in [0.5, 0.6) is 0 Å². The molecule has 0 fully saturated rings. The lowest BCUT2D eigenvalue weighted by Crippen LogP contribution is -2.31. The fourth-order valence-electron chi connectivity index (χ4n) is 2.68. The number of nitrogens with zero attached hydrogens (tertiary/aromatic N) is 2. The van der Waals surface area contributed by atoms with Crippen molar-refractivity contribution in [2.24, 2.45) is 0 Å². The van der Waals surface area contributed by atoms with Crippen LogP contribution in [0.3, 0.4) is 0 Å². The highest BCUT2D eigenvalue weighted by molar-refractivity contribution is 7.99. The normalized spacial score (nSPS) is 11.7. The van der Waals surface area contributed by atoms with Gasteiger partial charge in [-0.25, -0.2) is 9.97 Å². The molecule has 2 aromatic carbocycles. The molecule has 1 atom stereocenters. The van der Waals surface area contributed by atoms with Crippen LogP contribution >= 0.6 is 11.8 Å². The molecule has 5 N–H and O–H groups in total. The summed E-state index contributed by atoms with van der Waals surface area (Å²) in [7, 11) is 0. The summed E-state index contributed by atoms with van der Waals surface area (Å²) < 4.78 is 0. The van der Waals surface area contributed by atoms with Crippen molar-refractivity contribution in [2.75, 3.05) is 17.2 Å². The second-order valence-corrected chi connectivity index (χ2v) is 6.95. The van der Waals surface area contributed by atoms with E-state index < -0.39 is 0 Å². The summed E-state index contributed by atoms with van der Waals surface area (Å²) in [5.74, 6) is 0.656. The Kier molecular flexibility index (Phi) is 6.27. The minimum Gasteiger partial charge on any atom is -0.383 e. The zero-order valence-corrected chi connectivity index (χ0v) is 15.5. The van der Waals surface area contributed by atoms with E-state index >= 15 is 0 Å². The molecule has 1 unspecified atom stereocenters. The quantitative estimate of drug-likeness (QED) is 0.430.